The Balaban J connectivity index is 2.56. The van der Waals surface area contributed by atoms with E-state index >= 15 is 0 Å². The molecule has 0 spiro atoms. The summed E-state index contributed by atoms with van der Waals surface area (Å²) in [4.78, 5) is 11.5. The number of rotatable bonds is 4. The van der Waals surface area contributed by atoms with Crippen LogP contribution >= 0.6 is 0 Å². The van der Waals surface area contributed by atoms with Crippen LogP contribution < -0.4 is 15.8 Å². The molecule has 4 nitrogen and oxygen atoms in total. The monoisotopic (exact) mass is 254 g/mol. The molecule has 0 aliphatic rings. The second-order valence-corrected chi connectivity index (χ2v) is 5.06. The SMILES string of the molecule is CC(C)(C)NC(=O)COc1ccc(CN)cc1F. The van der Waals surface area contributed by atoms with E-state index in [9.17, 15) is 9.18 Å². The first-order chi connectivity index (χ1) is 8.31. The van der Waals surface area contributed by atoms with Crippen molar-refractivity contribution in [3.63, 3.8) is 0 Å². The third kappa shape index (κ3) is 4.71. The van der Waals surface area contributed by atoms with E-state index < -0.39 is 5.82 Å². The van der Waals surface area contributed by atoms with Crippen LogP contribution in [0.15, 0.2) is 18.2 Å². The fourth-order valence-electron chi connectivity index (χ4n) is 1.39. The van der Waals surface area contributed by atoms with Crippen molar-refractivity contribution in [1.82, 2.24) is 5.32 Å². The number of ether oxygens (including phenoxy) is 1. The molecular weight excluding hydrogens is 235 g/mol. The maximum absolute atomic E-state index is 13.5. The van der Waals surface area contributed by atoms with Gasteiger partial charge in [-0.3, -0.25) is 4.79 Å². The highest BCUT2D eigenvalue weighted by molar-refractivity contribution is 5.78. The van der Waals surface area contributed by atoms with Gasteiger partial charge in [0.1, 0.15) is 0 Å². The largest absolute Gasteiger partial charge is 0.481 e. The molecule has 1 rings (SSSR count). The fraction of sp³-hybridized carbons (Fsp3) is 0.462. The van der Waals surface area contributed by atoms with E-state index in [1.165, 1.54) is 12.1 Å². The van der Waals surface area contributed by atoms with Gasteiger partial charge < -0.3 is 15.8 Å². The zero-order valence-corrected chi connectivity index (χ0v) is 10.9. The molecule has 1 aromatic carbocycles. The van der Waals surface area contributed by atoms with Gasteiger partial charge in [-0.1, -0.05) is 6.07 Å². The molecule has 0 heterocycles. The van der Waals surface area contributed by atoms with Crippen LogP contribution in [0.25, 0.3) is 0 Å². The lowest BCUT2D eigenvalue weighted by molar-refractivity contribution is -0.124. The fourth-order valence-corrected chi connectivity index (χ4v) is 1.39. The van der Waals surface area contributed by atoms with E-state index in [2.05, 4.69) is 5.32 Å². The molecule has 5 heteroatoms. The number of benzene rings is 1. The molecule has 0 saturated carbocycles. The molecule has 0 unspecified atom stereocenters. The van der Waals surface area contributed by atoms with Gasteiger partial charge in [-0.2, -0.15) is 0 Å². The number of carbonyl (C=O) groups is 1. The van der Waals surface area contributed by atoms with Crippen LogP contribution in [0.5, 0.6) is 5.75 Å². The van der Waals surface area contributed by atoms with Crippen molar-refractivity contribution in [3.8, 4) is 5.75 Å². The highest BCUT2D eigenvalue weighted by atomic mass is 19.1. The van der Waals surface area contributed by atoms with Crippen LogP contribution in [-0.2, 0) is 11.3 Å². The Bertz CT molecular complexity index is 427. The summed E-state index contributed by atoms with van der Waals surface area (Å²) in [7, 11) is 0. The Morgan fingerprint density at radius 3 is 2.61 bits per heavy atom. The summed E-state index contributed by atoms with van der Waals surface area (Å²) in [5.41, 5.74) is 5.74. The van der Waals surface area contributed by atoms with Gasteiger partial charge in [0.2, 0.25) is 0 Å². The predicted octanol–water partition coefficient (Wildman–Crippen LogP) is 1.58. The van der Waals surface area contributed by atoms with Gasteiger partial charge in [0.25, 0.3) is 5.91 Å². The number of amides is 1. The maximum Gasteiger partial charge on any atom is 0.258 e. The molecule has 3 N–H and O–H groups in total. The molecule has 0 aliphatic carbocycles. The van der Waals surface area contributed by atoms with Crippen molar-refractivity contribution in [2.24, 2.45) is 5.73 Å². The molecule has 0 radical (unpaired) electrons. The topological polar surface area (TPSA) is 64.3 Å². The van der Waals surface area contributed by atoms with Crippen LogP contribution in [0.1, 0.15) is 26.3 Å². The van der Waals surface area contributed by atoms with Gasteiger partial charge in [0.15, 0.2) is 18.2 Å². The van der Waals surface area contributed by atoms with Gasteiger partial charge in [0, 0.05) is 12.1 Å². The van der Waals surface area contributed by atoms with E-state index in [4.69, 9.17) is 10.5 Å². The second kappa shape index (κ2) is 5.82. The van der Waals surface area contributed by atoms with E-state index in [0.29, 0.717) is 5.56 Å². The van der Waals surface area contributed by atoms with E-state index in [-0.39, 0.29) is 30.3 Å². The molecule has 1 aromatic rings. The number of hydrogen-bond donors (Lipinski definition) is 2. The van der Waals surface area contributed by atoms with Crippen LogP contribution in [0, 0.1) is 5.82 Å². The second-order valence-electron chi connectivity index (χ2n) is 5.06. The van der Waals surface area contributed by atoms with Crippen LogP contribution in [0.2, 0.25) is 0 Å². The summed E-state index contributed by atoms with van der Waals surface area (Å²) in [6.45, 7) is 5.64. The zero-order valence-electron chi connectivity index (χ0n) is 10.9. The first kappa shape index (κ1) is 14.4. The average Bonchev–Trinajstić information content (AvgIpc) is 2.25. The number of carbonyl (C=O) groups excluding carboxylic acids is 1. The zero-order chi connectivity index (χ0) is 13.8. The van der Waals surface area contributed by atoms with Gasteiger partial charge in [-0.05, 0) is 38.5 Å². The number of hydrogen-bond acceptors (Lipinski definition) is 3. The minimum atomic E-state index is -0.512. The lowest BCUT2D eigenvalue weighted by Gasteiger charge is -2.20. The van der Waals surface area contributed by atoms with E-state index in [1.807, 2.05) is 20.8 Å². The van der Waals surface area contributed by atoms with E-state index in [0.717, 1.165) is 0 Å². The molecule has 0 saturated heterocycles. The Morgan fingerprint density at radius 1 is 1.44 bits per heavy atom. The average molecular weight is 254 g/mol. The first-order valence-corrected chi connectivity index (χ1v) is 5.74. The predicted molar refractivity (Wildman–Crippen MR) is 67.7 cm³/mol. The van der Waals surface area contributed by atoms with Gasteiger partial charge >= 0.3 is 0 Å². The molecule has 18 heavy (non-hydrogen) atoms. The summed E-state index contributed by atoms with van der Waals surface area (Å²) in [5, 5.41) is 2.73. The number of nitrogens with two attached hydrogens (primary N) is 1. The van der Waals surface area contributed by atoms with E-state index in [1.54, 1.807) is 6.07 Å². The Hall–Kier alpha value is -1.62. The molecule has 100 valence electrons. The quantitative estimate of drug-likeness (QED) is 0.857. The summed E-state index contributed by atoms with van der Waals surface area (Å²) in [6.07, 6.45) is 0. The highest BCUT2D eigenvalue weighted by Crippen LogP contribution is 2.18. The van der Waals surface area contributed by atoms with Crippen molar-refractivity contribution in [2.75, 3.05) is 6.61 Å². The standard InChI is InChI=1S/C13H19FN2O2/c1-13(2,3)16-12(17)8-18-11-5-4-9(7-15)6-10(11)14/h4-6H,7-8,15H2,1-3H3,(H,16,17). The maximum atomic E-state index is 13.5. The number of halogens is 1. The lowest BCUT2D eigenvalue weighted by Crippen LogP contribution is -2.43. The normalized spacial score (nSPS) is 11.2. The van der Waals surface area contributed by atoms with Crippen LogP contribution in [-0.4, -0.2) is 18.1 Å². The minimum Gasteiger partial charge on any atom is -0.481 e. The molecule has 0 atom stereocenters. The first-order valence-electron chi connectivity index (χ1n) is 5.74. The van der Waals surface area contributed by atoms with Gasteiger partial charge in [-0.15, -0.1) is 0 Å². The van der Waals surface area contributed by atoms with Crippen molar-refractivity contribution < 1.29 is 13.9 Å². The Kier molecular flexibility index (Phi) is 4.67. The lowest BCUT2D eigenvalue weighted by atomic mass is 10.1. The van der Waals surface area contributed by atoms with Crippen molar-refractivity contribution in [2.45, 2.75) is 32.9 Å². The minimum absolute atomic E-state index is 0.0521. The molecule has 1 amide bonds. The summed E-state index contributed by atoms with van der Waals surface area (Å²) < 4.78 is 18.6. The molecule has 0 aromatic heterocycles. The van der Waals surface area contributed by atoms with Crippen molar-refractivity contribution in [3.05, 3.63) is 29.6 Å². The van der Waals surface area contributed by atoms with Crippen molar-refractivity contribution >= 4 is 5.91 Å². The Morgan fingerprint density at radius 2 is 2.11 bits per heavy atom. The third-order valence-corrected chi connectivity index (χ3v) is 2.11. The Labute approximate surface area is 106 Å². The molecule has 0 fully saturated rings. The van der Waals surface area contributed by atoms with Gasteiger partial charge in [-0.25, -0.2) is 4.39 Å². The smallest absolute Gasteiger partial charge is 0.258 e. The summed E-state index contributed by atoms with van der Waals surface area (Å²) >= 11 is 0. The third-order valence-electron chi connectivity index (χ3n) is 2.11. The van der Waals surface area contributed by atoms with Crippen LogP contribution in [0.3, 0.4) is 0 Å². The van der Waals surface area contributed by atoms with Crippen LogP contribution in [0.4, 0.5) is 4.39 Å². The summed E-state index contributed by atoms with van der Waals surface area (Å²) in [5.74, 6) is -0.748. The van der Waals surface area contributed by atoms with Gasteiger partial charge in [0.05, 0.1) is 0 Å². The molecular formula is C13H19FN2O2. The highest BCUT2D eigenvalue weighted by Gasteiger charge is 2.14. The summed E-state index contributed by atoms with van der Waals surface area (Å²) in [6, 6.07) is 4.44. The number of nitrogens with one attached hydrogen (secondary N) is 1. The van der Waals surface area contributed by atoms with Crippen molar-refractivity contribution in [1.29, 1.82) is 0 Å². The molecule has 0 bridgehead atoms. The molecule has 0 aliphatic heterocycles.